The first kappa shape index (κ1) is 18.1. The number of nitrogens with zero attached hydrogens (tertiary/aromatic N) is 3. The molecule has 2 aliphatic rings. The van der Waals surface area contributed by atoms with Crippen LogP contribution in [0.25, 0.3) is 16.7 Å². The largest absolute Gasteiger partial charge is 0.490 e. The van der Waals surface area contributed by atoms with E-state index in [2.05, 4.69) is 22.4 Å². The van der Waals surface area contributed by atoms with E-state index in [0.29, 0.717) is 11.7 Å². The smallest absolute Gasteiger partial charge is 0.142 e. The lowest BCUT2D eigenvalue weighted by Crippen LogP contribution is -2.33. The van der Waals surface area contributed by atoms with Crippen LogP contribution in [0.3, 0.4) is 0 Å². The second-order valence-corrected chi connectivity index (χ2v) is 7.48. The Morgan fingerprint density at radius 3 is 2.83 bits per heavy atom. The number of rotatable bonds is 7. The SMILES string of the molecule is OCCOc1cc(-n2ccnc2)nc2ccc(NC(=C3CCC3)C3COC3)cc12. The highest BCUT2D eigenvalue weighted by Crippen LogP contribution is 2.36. The summed E-state index contributed by atoms with van der Waals surface area (Å²) in [5.74, 6) is 1.89. The van der Waals surface area contributed by atoms with Gasteiger partial charge in [-0.2, -0.15) is 0 Å². The molecule has 1 saturated carbocycles. The molecule has 1 aliphatic heterocycles. The second-order valence-electron chi connectivity index (χ2n) is 7.48. The van der Waals surface area contributed by atoms with E-state index in [0.717, 1.165) is 35.6 Å². The van der Waals surface area contributed by atoms with Gasteiger partial charge in [0.1, 0.15) is 24.5 Å². The quantitative estimate of drug-likeness (QED) is 0.642. The molecule has 5 rings (SSSR count). The average Bonchev–Trinajstić information content (AvgIpc) is 3.18. The topological polar surface area (TPSA) is 81.4 Å². The van der Waals surface area contributed by atoms with Gasteiger partial charge in [0, 0.05) is 41.1 Å². The highest BCUT2D eigenvalue weighted by molar-refractivity contribution is 5.89. The van der Waals surface area contributed by atoms with Gasteiger partial charge in [0.05, 0.1) is 25.3 Å². The highest BCUT2D eigenvalue weighted by atomic mass is 16.5. The fraction of sp³-hybridized carbons (Fsp3) is 0.364. The second kappa shape index (κ2) is 7.85. The summed E-state index contributed by atoms with van der Waals surface area (Å²) in [6, 6.07) is 8.02. The minimum absolute atomic E-state index is 0.0416. The summed E-state index contributed by atoms with van der Waals surface area (Å²) in [5.41, 5.74) is 4.69. The van der Waals surface area contributed by atoms with Crippen molar-refractivity contribution in [2.45, 2.75) is 19.3 Å². The Hall–Kier alpha value is -2.90. The molecule has 0 amide bonds. The standard InChI is InChI=1S/C22H24N4O3/c27-8-9-29-20-11-21(26-7-6-23-14-26)25-19-5-4-17(10-18(19)20)24-22(15-2-1-3-15)16-12-28-13-16/h4-7,10-11,14,16,24,27H,1-3,8-9,12-13H2. The Bertz CT molecular complexity index is 1040. The third-order valence-electron chi connectivity index (χ3n) is 5.54. The molecule has 0 unspecified atom stereocenters. The molecule has 2 N–H and O–H groups in total. The molecule has 7 heteroatoms. The number of ether oxygens (including phenoxy) is 2. The number of fused-ring (bicyclic) bond motifs is 1. The summed E-state index contributed by atoms with van der Waals surface area (Å²) in [6.45, 7) is 1.77. The summed E-state index contributed by atoms with van der Waals surface area (Å²) in [4.78, 5) is 8.85. The van der Waals surface area contributed by atoms with E-state index in [1.165, 1.54) is 30.5 Å². The van der Waals surface area contributed by atoms with Crippen molar-refractivity contribution in [1.82, 2.24) is 14.5 Å². The van der Waals surface area contributed by atoms with Crippen LogP contribution in [0.1, 0.15) is 19.3 Å². The van der Waals surface area contributed by atoms with Gasteiger partial charge in [0.2, 0.25) is 0 Å². The van der Waals surface area contributed by atoms with Crippen molar-refractivity contribution in [3.05, 3.63) is 54.3 Å². The van der Waals surface area contributed by atoms with Crippen LogP contribution >= 0.6 is 0 Å². The molecule has 0 atom stereocenters. The number of hydrogen-bond acceptors (Lipinski definition) is 6. The van der Waals surface area contributed by atoms with E-state index < -0.39 is 0 Å². The lowest BCUT2D eigenvalue weighted by atomic mass is 9.85. The zero-order valence-corrected chi connectivity index (χ0v) is 16.2. The van der Waals surface area contributed by atoms with Crippen molar-refractivity contribution in [2.75, 3.05) is 31.7 Å². The van der Waals surface area contributed by atoms with Crippen molar-refractivity contribution in [2.24, 2.45) is 5.92 Å². The molecule has 3 heterocycles. The van der Waals surface area contributed by atoms with Crippen molar-refractivity contribution >= 4 is 16.6 Å². The van der Waals surface area contributed by atoms with Gasteiger partial charge in [-0.3, -0.25) is 4.57 Å². The van der Waals surface area contributed by atoms with E-state index in [1.54, 1.807) is 12.5 Å². The first-order valence-corrected chi connectivity index (χ1v) is 10.1. The Morgan fingerprint density at radius 2 is 2.17 bits per heavy atom. The lowest BCUT2D eigenvalue weighted by molar-refractivity contribution is -0.0136. The molecule has 3 aromatic rings. The molecule has 150 valence electrons. The van der Waals surface area contributed by atoms with Crippen LogP contribution in [0, 0.1) is 5.92 Å². The number of allylic oxidation sites excluding steroid dienone is 1. The molecule has 2 fully saturated rings. The van der Waals surface area contributed by atoms with Gasteiger partial charge in [-0.1, -0.05) is 5.57 Å². The predicted molar refractivity (Wildman–Crippen MR) is 110 cm³/mol. The van der Waals surface area contributed by atoms with Gasteiger partial charge in [-0.05, 0) is 37.5 Å². The summed E-state index contributed by atoms with van der Waals surface area (Å²) in [5, 5.41) is 13.8. The summed E-state index contributed by atoms with van der Waals surface area (Å²) < 4.78 is 13.1. The maximum Gasteiger partial charge on any atom is 0.142 e. The Morgan fingerprint density at radius 1 is 1.28 bits per heavy atom. The number of hydrogen-bond donors (Lipinski definition) is 2. The number of pyridine rings is 1. The molecule has 1 aromatic carbocycles. The Labute approximate surface area is 169 Å². The molecule has 0 radical (unpaired) electrons. The highest BCUT2D eigenvalue weighted by Gasteiger charge is 2.28. The molecule has 1 aliphatic carbocycles. The zero-order valence-electron chi connectivity index (χ0n) is 16.2. The Balaban J connectivity index is 1.52. The summed E-state index contributed by atoms with van der Waals surface area (Å²) >= 11 is 0. The first-order valence-electron chi connectivity index (χ1n) is 10.1. The van der Waals surface area contributed by atoms with E-state index in [9.17, 15) is 5.11 Å². The van der Waals surface area contributed by atoms with Crippen LogP contribution in [0.4, 0.5) is 5.69 Å². The van der Waals surface area contributed by atoms with Crippen LogP contribution in [0.2, 0.25) is 0 Å². The van der Waals surface area contributed by atoms with E-state index in [4.69, 9.17) is 14.5 Å². The van der Waals surface area contributed by atoms with Crippen LogP contribution in [-0.4, -0.2) is 46.1 Å². The summed E-state index contributed by atoms with van der Waals surface area (Å²) in [6.07, 6.45) is 8.88. The lowest BCUT2D eigenvalue weighted by Gasteiger charge is -2.34. The third-order valence-corrected chi connectivity index (χ3v) is 5.54. The zero-order chi connectivity index (χ0) is 19.6. The van der Waals surface area contributed by atoms with E-state index >= 15 is 0 Å². The van der Waals surface area contributed by atoms with Gasteiger partial charge in [-0.15, -0.1) is 0 Å². The fourth-order valence-electron chi connectivity index (χ4n) is 3.72. The van der Waals surface area contributed by atoms with Crippen LogP contribution in [0.5, 0.6) is 5.75 Å². The van der Waals surface area contributed by atoms with Crippen LogP contribution in [-0.2, 0) is 4.74 Å². The van der Waals surface area contributed by atoms with Crippen LogP contribution < -0.4 is 10.1 Å². The van der Waals surface area contributed by atoms with E-state index in [1.807, 2.05) is 22.9 Å². The number of aromatic nitrogens is 3. The first-order chi connectivity index (χ1) is 14.3. The Kier molecular flexibility index (Phi) is 4.91. The minimum Gasteiger partial charge on any atom is -0.490 e. The molecule has 7 nitrogen and oxygen atoms in total. The monoisotopic (exact) mass is 392 g/mol. The van der Waals surface area contributed by atoms with E-state index in [-0.39, 0.29) is 13.2 Å². The van der Waals surface area contributed by atoms with Crippen molar-refractivity contribution in [3.63, 3.8) is 0 Å². The van der Waals surface area contributed by atoms with Crippen LogP contribution in [0.15, 0.2) is 54.3 Å². The number of anilines is 1. The number of nitrogens with one attached hydrogen (secondary N) is 1. The number of benzene rings is 1. The minimum atomic E-state index is -0.0416. The molecule has 29 heavy (non-hydrogen) atoms. The van der Waals surface area contributed by atoms with Crippen molar-refractivity contribution < 1.29 is 14.6 Å². The average molecular weight is 392 g/mol. The predicted octanol–water partition coefficient (Wildman–Crippen LogP) is 3.29. The van der Waals surface area contributed by atoms with Crippen molar-refractivity contribution in [1.29, 1.82) is 0 Å². The molecular formula is C22H24N4O3. The molecule has 0 spiro atoms. The molecule has 1 saturated heterocycles. The van der Waals surface area contributed by atoms with Gasteiger partial charge in [0.25, 0.3) is 0 Å². The number of aliphatic hydroxyl groups excluding tert-OH is 1. The molecular weight excluding hydrogens is 368 g/mol. The maximum atomic E-state index is 9.23. The normalized spacial score (nSPS) is 16.4. The van der Waals surface area contributed by atoms with Gasteiger partial charge >= 0.3 is 0 Å². The number of imidazole rings is 1. The van der Waals surface area contributed by atoms with Gasteiger partial charge in [-0.25, -0.2) is 9.97 Å². The third kappa shape index (κ3) is 3.59. The maximum absolute atomic E-state index is 9.23. The molecule has 2 aromatic heterocycles. The van der Waals surface area contributed by atoms with Gasteiger partial charge in [0.15, 0.2) is 0 Å². The fourth-order valence-corrected chi connectivity index (χ4v) is 3.72. The summed E-state index contributed by atoms with van der Waals surface area (Å²) in [7, 11) is 0. The molecule has 0 bridgehead atoms. The van der Waals surface area contributed by atoms with Crippen molar-refractivity contribution in [3.8, 4) is 11.6 Å². The van der Waals surface area contributed by atoms with Gasteiger partial charge < -0.3 is 19.9 Å². The number of aliphatic hydroxyl groups is 1.